The third-order valence-corrected chi connectivity index (χ3v) is 3.24. The predicted octanol–water partition coefficient (Wildman–Crippen LogP) is 4.39. The Kier molecular flexibility index (Phi) is 8.86. The lowest BCUT2D eigenvalue weighted by molar-refractivity contribution is -0.132. The van der Waals surface area contributed by atoms with Crippen LogP contribution in [-0.2, 0) is 9.59 Å². The zero-order valence-electron chi connectivity index (χ0n) is 13.4. The lowest BCUT2D eigenvalue weighted by Gasteiger charge is -2.11. The molecule has 0 radical (unpaired) electrons. The van der Waals surface area contributed by atoms with Crippen LogP contribution in [-0.4, -0.2) is 16.9 Å². The number of carboxylic acids is 1. The summed E-state index contributed by atoms with van der Waals surface area (Å²) in [5.41, 5.74) is 1.09. The van der Waals surface area contributed by atoms with Crippen LogP contribution in [0.5, 0.6) is 0 Å². The summed E-state index contributed by atoms with van der Waals surface area (Å²) in [4.78, 5) is 22.2. The van der Waals surface area contributed by atoms with Crippen LogP contribution in [0.3, 0.4) is 0 Å². The fourth-order valence-corrected chi connectivity index (χ4v) is 2.21. The predicted molar refractivity (Wildman–Crippen MR) is 82.6 cm³/mol. The number of allylic oxidation sites excluding steroid dienone is 2. The number of Topliss-reactive ketones (excluding diaryl/α,β-unsaturated/α-hetero) is 1. The third-order valence-electron chi connectivity index (χ3n) is 3.24. The normalized spacial score (nSPS) is 14.5. The molecule has 0 amide bonds. The monoisotopic (exact) mass is 280 g/mol. The molecule has 0 saturated heterocycles. The number of carbonyl (C=O) groups excluding carboxylic acids is 1. The molecule has 0 spiro atoms. The third kappa shape index (κ3) is 8.68. The molecule has 1 unspecified atom stereocenters. The van der Waals surface area contributed by atoms with Gasteiger partial charge in [-0.1, -0.05) is 38.5 Å². The van der Waals surface area contributed by atoms with Crippen molar-refractivity contribution in [3.8, 4) is 0 Å². The van der Waals surface area contributed by atoms with E-state index in [-0.39, 0.29) is 5.78 Å². The summed E-state index contributed by atoms with van der Waals surface area (Å²) in [5, 5.41) is 9.23. The van der Waals surface area contributed by atoms with Gasteiger partial charge in [-0.25, -0.2) is 4.79 Å². The Bertz CT molecular complexity index is 389. The molecule has 0 heterocycles. The van der Waals surface area contributed by atoms with Gasteiger partial charge in [-0.3, -0.25) is 0 Å². The lowest BCUT2D eigenvalue weighted by Crippen LogP contribution is -2.03. The van der Waals surface area contributed by atoms with E-state index in [2.05, 4.69) is 20.8 Å². The first-order valence-corrected chi connectivity index (χ1v) is 7.33. The number of hydrogen-bond acceptors (Lipinski definition) is 2. The summed E-state index contributed by atoms with van der Waals surface area (Å²) in [5.74, 6) is 0.381. The number of hydrogen-bond donors (Lipinski definition) is 1. The smallest absolute Gasteiger partial charge is 0.335 e. The van der Waals surface area contributed by atoms with Crippen molar-refractivity contribution in [2.75, 3.05) is 0 Å². The molecule has 1 atom stereocenters. The number of rotatable bonds is 9. The number of ketones is 1. The van der Waals surface area contributed by atoms with Crippen LogP contribution < -0.4 is 0 Å². The van der Waals surface area contributed by atoms with Crippen molar-refractivity contribution >= 4 is 11.8 Å². The van der Waals surface area contributed by atoms with Crippen LogP contribution in [0.15, 0.2) is 23.3 Å². The molecule has 3 nitrogen and oxygen atoms in total. The molecule has 0 saturated carbocycles. The molecule has 3 heteroatoms. The SMILES string of the molecule is CC(=O)CC/C(C)=C(/C=C\CC(C)CC(C)C)C(=O)O. The summed E-state index contributed by atoms with van der Waals surface area (Å²) in [6.07, 6.45) is 6.57. The topological polar surface area (TPSA) is 54.4 Å². The van der Waals surface area contributed by atoms with Crippen LogP contribution >= 0.6 is 0 Å². The molecule has 1 N–H and O–H groups in total. The van der Waals surface area contributed by atoms with Crippen molar-refractivity contribution in [1.82, 2.24) is 0 Å². The second kappa shape index (κ2) is 9.51. The first-order chi connectivity index (χ1) is 9.23. The summed E-state index contributed by atoms with van der Waals surface area (Å²) < 4.78 is 0. The minimum atomic E-state index is -0.918. The first-order valence-electron chi connectivity index (χ1n) is 7.33. The second-order valence-electron chi connectivity index (χ2n) is 6.07. The highest BCUT2D eigenvalue weighted by Crippen LogP contribution is 2.17. The van der Waals surface area contributed by atoms with Gasteiger partial charge in [-0.15, -0.1) is 0 Å². The van der Waals surface area contributed by atoms with E-state index in [1.54, 1.807) is 13.0 Å². The number of carboxylic acid groups (broad SMARTS) is 1. The van der Waals surface area contributed by atoms with Gasteiger partial charge in [0.25, 0.3) is 0 Å². The van der Waals surface area contributed by atoms with E-state index in [0.717, 1.165) is 18.4 Å². The molecule has 114 valence electrons. The van der Waals surface area contributed by atoms with E-state index in [0.29, 0.717) is 30.3 Å². The van der Waals surface area contributed by atoms with Gasteiger partial charge in [0.05, 0.1) is 5.57 Å². The van der Waals surface area contributed by atoms with Crippen LogP contribution in [0.2, 0.25) is 0 Å². The van der Waals surface area contributed by atoms with Crippen LogP contribution in [0, 0.1) is 11.8 Å². The van der Waals surface area contributed by atoms with Crippen molar-refractivity contribution in [3.05, 3.63) is 23.3 Å². The maximum absolute atomic E-state index is 11.2. The van der Waals surface area contributed by atoms with Crippen LogP contribution in [0.4, 0.5) is 0 Å². The molecule has 0 aromatic carbocycles. The average molecular weight is 280 g/mol. The molecule has 0 fully saturated rings. The summed E-state index contributed by atoms with van der Waals surface area (Å²) in [6, 6.07) is 0. The maximum atomic E-state index is 11.2. The highest BCUT2D eigenvalue weighted by Gasteiger charge is 2.09. The van der Waals surface area contributed by atoms with E-state index >= 15 is 0 Å². The molecule has 0 aliphatic rings. The van der Waals surface area contributed by atoms with Crippen LogP contribution in [0.1, 0.15) is 60.3 Å². The van der Waals surface area contributed by atoms with Gasteiger partial charge < -0.3 is 9.90 Å². The Morgan fingerprint density at radius 3 is 2.15 bits per heavy atom. The minimum absolute atomic E-state index is 0.0867. The fraction of sp³-hybridized carbons (Fsp3) is 0.647. The molecule has 20 heavy (non-hydrogen) atoms. The van der Waals surface area contributed by atoms with Gasteiger partial charge >= 0.3 is 5.97 Å². The highest BCUT2D eigenvalue weighted by molar-refractivity contribution is 5.90. The molecular formula is C17H28O3. The maximum Gasteiger partial charge on any atom is 0.335 e. The van der Waals surface area contributed by atoms with E-state index in [1.807, 2.05) is 6.08 Å². The van der Waals surface area contributed by atoms with Crippen molar-refractivity contribution in [3.63, 3.8) is 0 Å². The zero-order chi connectivity index (χ0) is 15.7. The number of aliphatic carboxylic acids is 1. The second-order valence-corrected chi connectivity index (χ2v) is 6.07. The van der Waals surface area contributed by atoms with E-state index in [9.17, 15) is 14.7 Å². The Morgan fingerprint density at radius 2 is 1.70 bits per heavy atom. The van der Waals surface area contributed by atoms with Crippen molar-refractivity contribution in [2.24, 2.45) is 11.8 Å². The zero-order valence-corrected chi connectivity index (χ0v) is 13.4. The van der Waals surface area contributed by atoms with Gasteiger partial charge in [0.15, 0.2) is 0 Å². The van der Waals surface area contributed by atoms with Crippen molar-refractivity contribution in [2.45, 2.75) is 60.3 Å². The first kappa shape index (κ1) is 18.6. The Balaban J connectivity index is 4.65. The molecule has 0 rings (SSSR count). The summed E-state index contributed by atoms with van der Waals surface area (Å²) >= 11 is 0. The standard InChI is InChI=1S/C17H28O3/c1-12(2)11-13(3)7-6-8-16(17(19)20)14(4)9-10-15(5)18/h6,8,12-13H,7,9-11H2,1-5H3,(H,19,20)/b8-6-,16-14-. The summed E-state index contributed by atoms with van der Waals surface area (Å²) in [7, 11) is 0. The summed E-state index contributed by atoms with van der Waals surface area (Å²) in [6.45, 7) is 9.87. The average Bonchev–Trinajstić information content (AvgIpc) is 2.30. The van der Waals surface area contributed by atoms with Gasteiger partial charge in [0.2, 0.25) is 0 Å². The van der Waals surface area contributed by atoms with E-state index in [4.69, 9.17) is 0 Å². The largest absolute Gasteiger partial charge is 0.478 e. The van der Waals surface area contributed by atoms with E-state index in [1.165, 1.54) is 6.92 Å². The molecule has 0 aliphatic carbocycles. The van der Waals surface area contributed by atoms with E-state index < -0.39 is 5.97 Å². The minimum Gasteiger partial charge on any atom is -0.478 e. The molecule has 0 aliphatic heterocycles. The molecule has 0 aromatic heterocycles. The Labute approximate surface area is 122 Å². The van der Waals surface area contributed by atoms with Gasteiger partial charge in [0.1, 0.15) is 5.78 Å². The number of carbonyl (C=O) groups is 2. The lowest BCUT2D eigenvalue weighted by atomic mass is 9.95. The highest BCUT2D eigenvalue weighted by atomic mass is 16.4. The van der Waals surface area contributed by atoms with Gasteiger partial charge in [-0.2, -0.15) is 0 Å². The molecular weight excluding hydrogens is 252 g/mol. The van der Waals surface area contributed by atoms with Crippen LogP contribution in [0.25, 0.3) is 0 Å². The van der Waals surface area contributed by atoms with Gasteiger partial charge in [-0.05, 0) is 44.9 Å². The van der Waals surface area contributed by atoms with Gasteiger partial charge in [0, 0.05) is 6.42 Å². The van der Waals surface area contributed by atoms with Crippen molar-refractivity contribution < 1.29 is 14.7 Å². The molecule has 0 aromatic rings. The Hall–Kier alpha value is -1.38. The fourth-order valence-electron chi connectivity index (χ4n) is 2.21. The van der Waals surface area contributed by atoms with Crippen molar-refractivity contribution in [1.29, 1.82) is 0 Å². The Morgan fingerprint density at radius 1 is 1.10 bits per heavy atom. The molecule has 0 bridgehead atoms. The quantitative estimate of drug-likeness (QED) is 0.503.